The van der Waals surface area contributed by atoms with Crippen LogP contribution in [0.1, 0.15) is 13.3 Å². The van der Waals surface area contributed by atoms with Gasteiger partial charge in [-0.2, -0.15) is 5.48 Å². The first kappa shape index (κ1) is 13.3. The van der Waals surface area contributed by atoms with Crippen molar-refractivity contribution >= 4 is 17.3 Å². The summed E-state index contributed by atoms with van der Waals surface area (Å²) in [6.07, 6.45) is -0.237. The lowest BCUT2D eigenvalue weighted by atomic mass is 10.2. The van der Waals surface area contributed by atoms with Crippen LogP contribution in [-0.4, -0.2) is 23.8 Å². The minimum absolute atomic E-state index is 0.440. The van der Waals surface area contributed by atoms with Gasteiger partial charge in [0, 0.05) is 0 Å². The van der Waals surface area contributed by atoms with Crippen molar-refractivity contribution in [1.29, 1.82) is 0 Å². The minimum Gasteiger partial charge on any atom is -0.479 e. The molecule has 0 aliphatic rings. The lowest BCUT2D eigenvalue weighted by Crippen LogP contribution is -2.43. The second kappa shape index (κ2) is 6.72. The molecular weight excluding hydrogens is 222 g/mol. The summed E-state index contributed by atoms with van der Waals surface area (Å²) in [6.45, 7) is 2.37. The third kappa shape index (κ3) is 4.29. The van der Waals surface area contributed by atoms with Crippen molar-refractivity contribution in [3.63, 3.8) is 0 Å². The van der Waals surface area contributed by atoms with E-state index in [0.29, 0.717) is 18.0 Å². The van der Waals surface area contributed by atoms with Gasteiger partial charge in [0.2, 0.25) is 0 Å². The number of carbonyl (C=O) groups is 1. The first-order valence-electron chi connectivity index (χ1n) is 5.36. The zero-order valence-electron chi connectivity index (χ0n) is 9.64. The van der Waals surface area contributed by atoms with Crippen molar-refractivity contribution in [1.82, 2.24) is 5.48 Å². The number of nitrogens with two attached hydrogens (primary N) is 1. The summed E-state index contributed by atoms with van der Waals surface area (Å²) in [7, 11) is 0. The lowest BCUT2D eigenvalue weighted by Gasteiger charge is -2.17. The van der Waals surface area contributed by atoms with Crippen LogP contribution in [0.5, 0.6) is 0 Å². The van der Waals surface area contributed by atoms with Crippen molar-refractivity contribution in [2.45, 2.75) is 19.5 Å². The van der Waals surface area contributed by atoms with Gasteiger partial charge in [-0.05, 0) is 18.6 Å². The number of nitrogen functional groups attached to an aromatic ring is 1. The Kier molecular flexibility index (Phi) is 5.25. The number of nitrogens with one attached hydrogen (secondary N) is 2. The van der Waals surface area contributed by atoms with E-state index in [2.05, 4.69) is 10.8 Å². The average Bonchev–Trinajstić information content (AvgIpc) is 2.30. The van der Waals surface area contributed by atoms with Crippen LogP contribution in [0.3, 0.4) is 0 Å². The molecule has 0 aliphatic heterocycles. The Bertz CT molecular complexity index is 371. The van der Waals surface area contributed by atoms with E-state index in [-0.39, 0.29) is 0 Å². The molecule has 0 spiro atoms. The molecule has 0 aliphatic carbocycles. The molecule has 1 rings (SSSR count). The van der Waals surface area contributed by atoms with Gasteiger partial charge in [0.05, 0.1) is 18.0 Å². The molecule has 0 aromatic heterocycles. The van der Waals surface area contributed by atoms with Crippen LogP contribution in [-0.2, 0) is 9.63 Å². The summed E-state index contributed by atoms with van der Waals surface area (Å²) < 4.78 is 0. The van der Waals surface area contributed by atoms with Gasteiger partial charge in [-0.15, -0.1) is 0 Å². The summed E-state index contributed by atoms with van der Waals surface area (Å²) in [5, 5.41) is 11.7. The van der Waals surface area contributed by atoms with Gasteiger partial charge in [-0.1, -0.05) is 19.1 Å². The maximum atomic E-state index is 11.0. The third-order valence-electron chi connectivity index (χ3n) is 2.01. The fraction of sp³-hybridized carbons (Fsp3) is 0.364. The van der Waals surface area contributed by atoms with Gasteiger partial charge >= 0.3 is 5.97 Å². The van der Waals surface area contributed by atoms with E-state index < -0.39 is 12.1 Å². The van der Waals surface area contributed by atoms with Crippen LogP contribution in [0.4, 0.5) is 11.4 Å². The molecule has 1 aromatic rings. The third-order valence-corrected chi connectivity index (χ3v) is 2.01. The largest absolute Gasteiger partial charge is 0.479 e. The second-order valence-corrected chi connectivity index (χ2v) is 3.47. The van der Waals surface area contributed by atoms with Gasteiger partial charge in [0.25, 0.3) is 0 Å². The molecule has 6 heteroatoms. The Morgan fingerprint density at radius 2 is 2.24 bits per heavy atom. The van der Waals surface area contributed by atoms with E-state index in [4.69, 9.17) is 15.7 Å². The number of para-hydroxylation sites is 2. The topological polar surface area (TPSA) is 96.6 Å². The monoisotopic (exact) mass is 239 g/mol. The molecule has 1 aromatic carbocycles. The number of aliphatic carboxylic acids is 1. The Hall–Kier alpha value is -1.79. The second-order valence-electron chi connectivity index (χ2n) is 3.47. The molecule has 94 valence electrons. The summed E-state index contributed by atoms with van der Waals surface area (Å²) in [5.74, 6) is -1.07. The molecule has 5 N–H and O–H groups in total. The number of benzene rings is 1. The number of carboxylic acid groups (broad SMARTS) is 1. The molecule has 17 heavy (non-hydrogen) atoms. The molecule has 1 atom stereocenters. The molecule has 0 saturated heterocycles. The molecule has 0 fully saturated rings. The van der Waals surface area contributed by atoms with E-state index in [0.717, 1.165) is 6.42 Å². The lowest BCUT2D eigenvalue weighted by molar-refractivity contribution is -0.142. The number of carboxylic acids is 1. The van der Waals surface area contributed by atoms with E-state index in [9.17, 15) is 4.79 Å². The van der Waals surface area contributed by atoms with Crippen LogP contribution in [0.15, 0.2) is 24.3 Å². The molecular formula is C11H17N3O3. The normalized spacial score (nSPS) is 12.1. The molecule has 1 unspecified atom stereocenters. The van der Waals surface area contributed by atoms with Crippen molar-refractivity contribution in [2.75, 3.05) is 17.7 Å². The maximum Gasteiger partial charge on any atom is 0.343 e. The van der Waals surface area contributed by atoms with Crippen LogP contribution in [0.2, 0.25) is 0 Å². The van der Waals surface area contributed by atoms with Gasteiger partial charge in [0.1, 0.15) is 0 Å². The fourth-order valence-electron chi connectivity index (χ4n) is 1.17. The highest BCUT2D eigenvalue weighted by Crippen LogP contribution is 2.17. The minimum atomic E-state index is -1.07. The number of rotatable bonds is 7. The fourth-order valence-corrected chi connectivity index (χ4v) is 1.17. The summed E-state index contributed by atoms with van der Waals surface area (Å²) in [6, 6.07) is 6.93. The number of hydrogen-bond donors (Lipinski definition) is 4. The van der Waals surface area contributed by atoms with Crippen molar-refractivity contribution in [2.24, 2.45) is 0 Å². The number of hydroxylamine groups is 1. The van der Waals surface area contributed by atoms with Crippen molar-refractivity contribution < 1.29 is 14.7 Å². The molecule has 0 radical (unpaired) electrons. The zero-order chi connectivity index (χ0) is 12.7. The highest BCUT2D eigenvalue weighted by atomic mass is 16.6. The molecule has 0 bridgehead atoms. The van der Waals surface area contributed by atoms with Crippen LogP contribution in [0, 0.1) is 0 Å². The van der Waals surface area contributed by atoms with Crippen LogP contribution < -0.4 is 16.5 Å². The van der Waals surface area contributed by atoms with Crippen LogP contribution >= 0.6 is 0 Å². The quantitative estimate of drug-likeness (QED) is 0.245. The van der Waals surface area contributed by atoms with E-state index in [1.54, 1.807) is 24.3 Å². The zero-order valence-corrected chi connectivity index (χ0v) is 9.64. The van der Waals surface area contributed by atoms with Gasteiger partial charge in [-0.3, -0.25) is 4.84 Å². The van der Waals surface area contributed by atoms with Gasteiger partial charge < -0.3 is 16.2 Å². The highest BCUT2D eigenvalue weighted by Gasteiger charge is 2.17. The predicted molar refractivity (Wildman–Crippen MR) is 65.3 cm³/mol. The van der Waals surface area contributed by atoms with Crippen molar-refractivity contribution in [3.05, 3.63) is 24.3 Å². The Morgan fingerprint density at radius 3 is 2.82 bits per heavy atom. The van der Waals surface area contributed by atoms with Crippen LogP contribution in [0.25, 0.3) is 0 Å². The Morgan fingerprint density at radius 1 is 1.53 bits per heavy atom. The molecule has 6 nitrogen and oxygen atoms in total. The average molecular weight is 239 g/mol. The predicted octanol–water partition coefficient (Wildman–Crippen LogP) is 1.02. The SMILES string of the molecule is CCCONC(Nc1ccccc1N)C(=O)O. The first-order chi connectivity index (χ1) is 8.15. The molecule has 0 saturated carbocycles. The summed E-state index contributed by atoms with van der Waals surface area (Å²) >= 11 is 0. The van der Waals surface area contributed by atoms with Gasteiger partial charge in [-0.25, -0.2) is 4.79 Å². The van der Waals surface area contributed by atoms with Gasteiger partial charge in [0.15, 0.2) is 6.17 Å². The summed E-state index contributed by atoms with van der Waals surface area (Å²) in [5.41, 5.74) is 9.16. The number of anilines is 2. The Labute approximate surface area is 99.7 Å². The summed E-state index contributed by atoms with van der Waals surface area (Å²) in [4.78, 5) is 15.9. The molecule has 0 heterocycles. The van der Waals surface area contributed by atoms with E-state index in [1.165, 1.54) is 0 Å². The maximum absolute atomic E-state index is 11.0. The van der Waals surface area contributed by atoms with E-state index in [1.807, 2.05) is 6.92 Å². The smallest absolute Gasteiger partial charge is 0.343 e. The highest BCUT2D eigenvalue weighted by molar-refractivity contribution is 5.79. The standard InChI is InChI=1S/C11H17N3O3/c1-2-7-17-14-10(11(15)16)13-9-6-4-3-5-8(9)12/h3-6,10,13-14H,2,7,12H2,1H3,(H,15,16). The first-order valence-corrected chi connectivity index (χ1v) is 5.36. The molecule has 0 amide bonds. The number of hydrogen-bond acceptors (Lipinski definition) is 5. The van der Waals surface area contributed by atoms with Crippen molar-refractivity contribution in [3.8, 4) is 0 Å². The Balaban J connectivity index is 2.61. The van der Waals surface area contributed by atoms with E-state index >= 15 is 0 Å².